The minimum absolute atomic E-state index is 0.575. The van der Waals surface area contributed by atoms with Gasteiger partial charge in [0.1, 0.15) is 0 Å². The van der Waals surface area contributed by atoms with Gasteiger partial charge in [-0.25, -0.2) is 0 Å². The summed E-state index contributed by atoms with van der Waals surface area (Å²) in [6, 6.07) is 0.733. The molecule has 0 aliphatic carbocycles. The molecule has 1 N–H and O–H groups in total. The SMILES string of the molecule is CC(=O)O.CCCCCCCCCCCC(CC1CO1)N(C)C. The predicted octanol–water partition coefficient (Wildman–Crippen LogP) is 4.72. The molecule has 0 aromatic carbocycles. The molecule has 0 aromatic rings. The maximum absolute atomic E-state index is 9.00. The highest BCUT2D eigenvalue weighted by Crippen LogP contribution is 2.21. The molecule has 4 nitrogen and oxygen atoms in total. The van der Waals surface area contributed by atoms with Gasteiger partial charge in [0.25, 0.3) is 5.97 Å². The van der Waals surface area contributed by atoms with E-state index in [1.807, 2.05) is 0 Å². The van der Waals surface area contributed by atoms with Crippen LogP contribution in [0.15, 0.2) is 0 Å². The highest BCUT2D eigenvalue weighted by Gasteiger charge is 2.27. The molecule has 0 amide bonds. The second-order valence-electron chi connectivity index (χ2n) is 6.94. The van der Waals surface area contributed by atoms with Crippen molar-refractivity contribution < 1.29 is 14.6 Å². The lowest BCUT2D eigenvalue weighted by Gasteiger charge is -2.23. The van der Waals surface area contributed by atoms with Gasteiger partial charge < -0.3 is 14.7 Å². The predicted molar refractivity (Wildman–Crippen MR) is 97.0 cm³/mol. The van der Waals surface area contributed by atoms with Gasteiger partial charge in [-0.15, -0.1) is 0 Å². The summed E-state index contributed by atoms with van der Waals surface area (Å²) in [5, 5.41) is 7.42. The first-order valence-corrected chi connectivity index (χ1v) is 9.44. The van der Waals surface area contributed by atoms with Crippen molar-refractivity contribution in [2.75, 3.05) is 20.7 Å². The van der Waals surface area contributed by atoms with E-state index >= 15 is 0 Å². The van der Waals surface area contributed by atoms with Crippen LogP contribution in [0.1, 0.15) is 84.5 Å². The molecule has 1 fully saturated rings. The number of hydrogen-bond donors (Lipinski definition) is 1. The van der Waals surface area contributed by atoms with Crippen LogP contribution in [0.4, 0.5) is 0 Å². The van der Waals surface area contributed by atoms with Crippen LogP contribution in [0, 0.1) is 0 Å². The second-order valence-corrected chi connectivity index (χ2v) is 6.94. The molecule has 1 saturated heterocycles. The summed E-state index contributed by atoms with van der Waals surface area (Å²) in [4.78, 5) is 11.4. The zero-order valence-electron chi connectivity index (χ0n) is 15.9. The lowest BCUT2D eigenvalue weighted by Crippen LogP contribution is -2.29. The average Bonchev–Trinajstić information content (AvgIpc) is 3.27. The molecule has 0 saturated carbocycles. The van der Waals surface area contributed by atoms with Crippen LogP contribution in [0.2, 0.25) is 0 Å². The minimum Gasteiger partial charge on any atom is -0.481 e. The first-order valence-electron chi connectivity index (χ1n) is 9.44. The average molecular weight is 330 g/mol. The van der Waals surface area contributed by atoms with Gasteiger partial charge in [-0.3, -0.25) is 4.79 Å². The number of aliphatic carboxylic acids is 1. The van der Waals surface area contributed by atoms with Gasteiger partial charge in [-0.1, -0.05) is 64.7 Å². The highest BCUT2D eigenvalue weighted by atomic mass is 16.6. The molecule has 2 unspecified atom stereocenters. The molecule has 2 atom stereocenters. The molecule has 1 aliphatic heterocycles. The number of rotatable bonds is 13. The zero-order valence-corrected chi connectivity index (χ0v) is 15.9. The summed E-state index contributed by atoms with van der Waals surface area (Å²) in [5.41, 5.74) is 0. The Morgan fingerprint density at radius 3 is 1.91 bits per heavy atom. The van der Waals surface area contributed by atoms with Crippen molar-refractivity contribution in [3.05, 3.63) is 0 Å². The van der Waals surface area contributed by atoms with Gasteiger partial charge in [0.2, 0.25) is 0 Å². The Balaban J connectivity index is 0.00000108. The van der Waals surface area contributed by atoms with E-state index < -0.39 is 5.97 Å². The number of unbranched alkanes of at least 4 members (excludes halogenated alkanes) is 8. The molecular formula is C19H39NO3. The largest absolute Gasteiger partial charge is 0.481 e. The maximum atomic E-state index is 9.00. The zero-order chi connectivity index (χ0) is 17.5. The lowest BCUT2D eigenvalue weighted by molar-refractivity contribution is -0.134. The van der Waals surface area contributed by atoms with Crippen molar-refractivity contribution in [3.8, 4) is 0 Å². The molecule has 0 aromatic heterocycles. The molecule has 0 radical (unpaired) electrons. The van der Waals surface area contributed by atoms with Crippen LogP contribution < -0.4 is 0 Å². The second kappa shape index (κ2) is 14.9. The number of epoxide rings is 1. The Hall–Kier alpha value is -0.610. The molecule has 1 rings (SSSR count). The van der Waals surface area contributed by atoms with E-state index in [1.54, 1.807) is 0 Å². The van der Waals surface area contributed by atoms with E-state index in [0.29, 0.717) is 6.10 Å². The number of hydrogen-bond acceptors (Lipinski definition) is 3. The first kappa shape index (κ1) is 22.4. The van der Waals surface area contributed by atoms with Gasteiger partial charge in [0.15, 0.2) is 0 Å². The normalized spacial score (nSPS) is 17.5. The Morgan fingerprint density at radius 1 is 1.09 bits per heavy atom. The van der Waals surface area contributed by atoms with E-state index in [9.17, 15) is 0 Å². The summed E-state index contributed by atoms with van der Waals surface area (Å²) in [7, 11) is 4.42. The molecule has 23 heavy (non-hydrogen) atoms. The number of nitrogens with zero attached hydrogens (tertiary/aromatic N) is 1. The van der Waals surface area contributed by atoms with Gasteiger partial charge in [-0.2, -0.15) is 0 Å². The highest BCUT2D eigenvalue weighted by molar-refractivity contribution is 5.62. The van der Waals surface area contributed by atoms with Crippen molar-refractivity contribution in [1.82, 2.24) is 4.90 Å². The summed E-state index contributed by atoms with van der Waals surface area (Å²) in [6.45, 7) is 4.37. The standard InChI is InChI=1S/C17H35NO.C2H4O2/c1-4-5-6-7-8-9-10-11-12-13-16(18(2)3)14-17-15-19-17;1-2(3)4/h16-17H,4-15H2,1-3H3;1H3,(H,3,4). The smallest absolute Gasteiger partial charge is 0.300 e. The van der Waals surface area contributed by atoms with Gasteiger partial charge in [0, 0.05) is 13.0 Å². The molecule has 1 heterocycles. The van der Waals surface area contributed by atoms with Crippen molar-refractivity contribution in [3.63, 3.8) is 0 Å². The monoisotopic (exact) mass is 329 g/mol. The molecular weight excluding hydrogens is 290 g/mol. The Morgan fingerprint density at radius 2 is 1.52 bits per heavy atom. The molecule has 0 spiro atoms. The van der Waals surface area contributed by atoms with Crippen molar-refractivity contribution >= 4 is 5.97 Å². The van der Waals surface area contributed by atoms with E-state index in [1.165, 1.54) is 70.6 Å². The summed E-state index contributed by atoms with van der Waals surface area (Å²) < 4.78 is 5.35. The van der Waals surface area contributed by atoms with Crippen LogP contribution in [0.25, 0.3) is 0 Å². The van der Waals surface area contributed by atoms with Crippen LogP contribution in [0.3, 0.4) is 0 Å². The quantitative estimate of drug-likeness (QED) is 0.392. The summed E-state index contributed by atoms with van der Waals surface area (Å²) in [5.74, 6) is -0.833. The molecule has 138 valence electrons. The van der Waals surface area contributed by atoms with Crippen molar-refractivity contribution in [2.24, 2.45) is 0 Å². The molecule has 1 aliphatic rings. The third kappa shape index (κ3) is 17.6. The van der Waals surface area contributed by atoms with Crippen LogP contribution in [-0.4, -0.2) is 48.8 Å². The van der Waals surface area contributed by atoms with E-state index in [4.69, 9.17) is 14.6 Å². The van der Waals surface area contributed by atoms with E-state index in [0.717, 1.165) is 19.6 Å². The topological polar surface area (TPSA) is 53.1 Å². The number of carboxylic acid groups (broad SMARTS) is 1. The Kier molecular flexibility index (Phi) is 14.6. The Bertz CT molecular complexity index is 274. The van der Waals surface area contributed by atoms with Gasteiger partial charge in [-0.05, 0) is 26.9 Å². The third-order valence-corrected chi connectivity index (χ3v) is 4.31. The van der Waals surface area contributed by atoms with Crippen LogP contribution in [0.5, 0.6) is 0 Å². The fourth-order valence-corrected chi connectivity index (χ4v) is 2.79. The van der Waals surface area contributed by atoms with Crippen molar-refractivity contribution in [1.29, 1.82) is 0 Å². The number of ether oxygens (including phenoxy) is 1. The number of carbonyl (C=O) groups is 1. The van der Waals surface area contributed by atoms with Gasteiger partial charge >= 0.3 is 0 Å². The lowest BCUT2D eigenvalue weighted by atomic mass is 10.0. The summed E-state index contributed by atoms with van der Waals surface area (Å²) >= 11 is 0. The number of carboxylic acids is 1. The van der Waals surface area contributed by atoms with Crippen molar-refractivity contribution in [2.45, 2.75) is 96.6 Å². The van der Waals surface area contributed by atoms with Crippen LogP contribution >= 0.6 is 0 Å². The minimum atomic E-state index is -0.833. The fourth-order valence-electron chi connectivity index (χ4n) is 2.79. The van der Waals surface area contributed by atoms with Gasteiger partial charge in [0.05, 0.1) is 12.7 Å². The fraction of sp³-hybridized carbons (Fsp3) is 0.947. The van der Waals surface area contributed by atoms with E-state index in [2.05, 4.69) is 25.9 Å². The van der Waals surface area contributed by atoms with Crippen LogP contribution in [-0.2, 0) is 9.53 Å². The maximum Gasteiger partial charge on any atom is 0.300 e. The Labute approximate surface area is 143 Å². The molecule has 4 heteroatoms. The third-order valence-electron chi connectivity index (χ3n) is 4.31. The van der Waals surface area contributed by atoms with E-state index in [-0.39, 0.29) is 0 Å². The molecule has 0 bridgehead atoms. The first-order chi connectivity index (χ1) is 11.0. The summed E-state index contributed by atoms with van der Waals surface area (Å²) in [6.07, 6.45) is 16.0.